The van der Waals surface area contributed by atoms with Crippen molar-refractivity contribution in [2.24, 2.45) is 0 Å². The van der Waals surface area contributed by atoms with Crippen molar-refractivity contribution < 1.29 is 19.4 Å². The minimum Gasteiger partial charge on any atom is -0.450 e. The van der Waals surface area contributed by atoms with E-state index in [9.17, 15) is 4.79 Å². The molecule has 0 saturated heterocycles. The van der Waals surface area contributed by atoms with Gasteiger partial charge in [0.15, 0.2) is 0 Å². The first-order valence-corrected chi connectivity index (χ1v) is 5.68. The van der Waals surface area contributed by atoms with Gasteiger partial charge in [0.05, 0.1) is 12.7 Å². The summed E-state index contributed by atoms with van der Waals surface area (Å²) in [6.45, 7) is 5.19. The third-order valence-electron chi connectivity index (χ3n) is 2.13. The monoisotopic (exact) mass is 218 g/mol. The normalized spacial score (nSPS) is 12.4. The van der Waals surface area contributed by atoms with Crippen LogP contribution < -0.4 is 0 Å². The van der Waals surface area contributed by atoms with Gasteiger partial charge in [0.2, 0.25) is 0 Å². The van der Waals surface area contributed by atoms with E-state index in [1.165, 1.54) is 0 Å². The first-order valence-electron chi connectivity index (χ1n) is 5.68. The SMILES string of the molecule is CCCCOC(CCC)CCOC(=O)O. The Morgan fingerprint density at radius 1 is 1.20 bits per heavy atom. The summed E-state index contributed by atoms with van der Waals surface area (Å²) < 4.78 is 10.1. The zero-order valence-electron chi connectivity index (χ0n) is 9.70. The van der Waals surface area contributed by atoms with Gasteiger partial charge in [-0.15, -0.1) is 0 Å². The molecule has 15 heavy (non-hydrogen) atoms. The topological polar surface area (TPSA) is 55.8 Å². The molecule has 0 bridgehead atoms. The summed E-state index contributed by atoms with van der Waals surface area (Å²) in [5.41, 5.74) is 0. The smallest absolute Gasteiger partial charge is 0.450 e. The Morgan fingerprint density at radius 2 is 1.93 bits per heavy atom. The molecule has 4 heteroatoms. The van der Waals surface area contributed by atoms with E-state index in [2.05, 4.69) is 18.6 Å². The van der Waals surface area contributed by atoms with Gasteiger partial charge < -0.3 is 14.6 Å². The highest BCUT2D eigenvalue weighted by Gasteiger charge is 2.08. The summed E-state index contributed by atoms with van der Waals surface area (Å²) in [6.07, 6.45) is 3.77. The lowest BCUT2D eigenvalue weighted by Gasteiger charge is -2.16. The highest BCUT2D eigenvalue weighted by Crippen LogP contribution is 2.08. The van der Waals surface area contributed by atoms with Gasteiger partial charge >= 0.3 is 6.16 Å². The van der Waals surface area contributed by atoms with Crippen LogP contribution >= 0.6 is 0 Å². The van der Waals surface area contributed by atoms with Gasteiger partial charge in [-0.05, 0) is 12.8 Å². The van der Waals surface area contributed by atoms with Crippen LogP contribution in [0.25, 0.3) is 0 Å². The van der Waals surface area contributed by atoms with Crippen molar-refractivity contribution in [2.45, 2.75) is 52.1 Å². The zero-order chi connectivity index (χ0) is 11.5. The van der Waals surface area contributed by atoms with Crippen molar-refractivity contribution in [2.75, 3.05) is 13.2 Å². The van der Waals surface area contributed by atoms with E-state index in [0.29, 0.717) is 6.42 Å². The van der Waals surface area contributed by atoms with Crippen molar-refractivity contribution in [3.63, 3.8) is 0 Å². The molecule has 0 saturated carbocycles. The molecular weight excluding hydrogens is 196 g/mol. The number of hydrogen-bond donors (Lipinski definition) is 1. The van der Waals surface area contributed by atoms with Crippen LogP contribution in [0.15, 0.2) is 0 Å². The summed E-state index contributed by atoms with van der Waals surface area (Å²) in [5, 5.41) is 8.31. The molecular formula is C11H22O4. The molecule has 0 aromatic heterocycles. The quantitative estimate of drug-likeness (QED) is 0.477. The van der Waals surface area contributed by atoms with Gasteiger partial charge in [-0.3, -0.25) is 0 Å². The first-order chi connectivity index (χ1) is 7.20. The Balaban J connectivity index is 3.57. The van der Waals surface area contributed by atoms with E-state index in [1.807, 2.05) is 0 Å². The van der Waals surface area contributed by atoms with Crippen LogP contribution in [0.4, 0.5) is 4.79 Å². The van der Waals surface area contributed by atoms with Gasteiger partial charge in [-0.1, -0.05) is 26.7 Å². The lowest BCUT2D eigenvalue weighted by Crippen LogP contribution is -2.17. The number of hydrogen-bond acceptors (Lipinski definition) is 3. The highest BCUT2D eigenvalue weighted by molar-refractivity contribution is 5.56. The van der Waals surface area contributed by atoms with Gasteiger partial charge in [0.1, 0.15) is 0 Å². The Hall–Kier alpha value is -0.770. The summed E-state index contributed by atoms with van der Waals surface area (Å²) in [5.74, 6) is 0. The number of carbonyl (C=O) groups is 1. The molecule has 1 atom stereocenters. The molecule has 0 rings (SSSR count). The number of carboxylic acid groups (broad SMARTS) is 1. The molecule has 1 N–H and O–H groups in total. The highest BCUT2D eigenvalue weighted by atomic mass is 16.7. The third-order valence-corrected chi connectivity index (χ3v) is 2.13. The maximum Gasteiger partial charge on any atom is 0.505 e. The number of rotatable bonds is 9. The van der Waals surface area contributed by atoms with Crippen molar-refractivity contribution in [1.29, 1.82) is 0 Å². The van der Waals surface area contributed by atoms with E-state index >= 15 is 0 Å². The Labute approximate surface area is 91.6 Å². The molecule has 0 aliphatic heterocycles. The van der Waals surface area contributed by atoms with Gasteiger partial charge in [0.25, 0.3) is 0 Å². The molecule has 0 aliphatic carbocycles. The maximum atomic E-state index is 10.1. The van der Waals surface area contributed by atoms with Crippen LogP contribution in [0.3, 0.4) is 0 Å². The number of unbranched alkanes of at least 4 members (excludes halogenated alkanes) is 1. The lowest BCUT2D eigenvalue weighted by molar-refractivity contribution is 0.0186. The molecule has 90 valence electrons. The second-order valence-electron chi connectivity index (χ2n) is 3.54. The fourth-order valence-electron chi connectivity index (χ4n) is 1.30. The molecule has 0 aromatic carbocycles. The molecule has 0 radical (unpaired) electrons. The van der Waals surface area contributed by atoms with E-state index in [0.717, 1.165) is 32.3 Å². The van der Waals surface area contributed by atoms with E-state index in [4.69, 9.17) is 9.84 Å². The Kier molecular flexibility index (Phi) is 9.27. The third kappa shape index (κ3) is 9.53. The van der Waals surface area contributed by atoms with Crippen LogP contribution in [-0.2, 0) is 9.47 Å². The van der Waals surface area contributed by atoms with Crippen molar-refractivity contribution in [3.05, 3.63) is 0 Å². The second kappa shape index (κ2) is 9.77. The average Bonchev–Trinajstić information content (AvgIpc) is 2.17. The predicted octanol–water partition coefficient (Wildman–Crippen LogP) is 3.06. The Bertz CT molecular complexity index is 159. The van der Waals surface area contributed by atoms with Gasteiger partial charge in [-0.2, -0.15) is 0 Å². The van der Waals surface area contributed by atoms with Crippen LogP contribution in [-0.4, -0.2) is 30.6 Å². The van der Waals surface area contributed by atoms with Gasteiger partial charge in [-0.25, -0.2) is 4.79 Å². The Morgan fingerprint density at radius 3 is 2.47 bits per heavy atom. The van der Waals surface area contributed by atoms with Crippen LogP contribution in [0.2, 0.25) is 0 Å². The van der Waals surface area contributed by atoms with Crippen molar-refractivity contribution in [1.82, 2.24) is 0 Å². The van der Waals surface area contributed by atoms with E-state index in [-0.39, 0.29) is 12.7 Å². The fourth-order valence-corrected chi connectivity index (χ4v) is 1.30. The predicted molar refractivity (Wildman–Crippen MR) is 58.1 cm³/mol. The molecule has 0 spiro atoms. The first kappa shape index (κ1) is 14.2. The largest absolute Gasteiger partial charge is 0.505 e. The zero-order valence-corrected chi connectivity index (χ0v) is 9.70. The molecule has 0 heterocycles. The number of ether oxygens (including phenoxy) is 2. The van der Waals surface area contributed by atoms with E-state index in [1.54, 1.807) is 0 Å². The molecule has 0 aliphatic rings. The lowest BCUT2D eigenvalue weighted by atomic mass is 10.1. The molecule has 1 unspecified atom stereocenters. The minimum absolute atomic E-state index is 0.140. The summed E-state index contributed by atoms with van der Waals surface area (Å²) >= 11 is 0. The molecule has 0 fully saturated rings. The minimum atomic E-state index is -1.21. The van der Waals surface area contributed by atoms with Crippen LogP contribution in [0.5, 0.6) is 0 Å². The standard InChI is InChI=1S/C11H22O4/c1-3-5-8-14-10(6-4-2)7-9-15-11(12)13/h10H,3-9H2,1-2H3,(H,12,13). The van der Waals surface area contributed by atoms with Crippen molar-refractivity contribution >= 4 is 6.16 Å². The maximum absolute atomic E-state index is 10.1. The van der Waals surface area contributed by atoms with Gasteiger partial charge in [0, 0.05) is 13.0 Å². The fraction of sp³-hybridized carbons (Fsp3) is 0.909. The second-order valence-corrected chi connectivity index (χ2v) is 3.54. The van der Waals surface area contributed by atoms with Crippen LogP contribution in [0.1, 0.15) is 46.0 Å². The van der Waals surface area contributed by atoms with Crippen molar-refractivity contribution in [3.8, 4) is 0 Å². The summed E-state index contributed by atoms with van der Waals surface area (Å²) in [6, 6.07) is 0. The molecule has 0 aromatic rings. The van der Waals surface area contributed by atoms with Crippen LogP contribution in [0, 0.1) is 0 Å². The average molecular weight is 218 g/mol. The molecule has 0 amide bonds. The molecule has 4 nitrogen and oxygen atoms in total. The summed E-state index contributed by atoms with van der Waals surface area (Å²) in [7, 11) is 0. The summed E-state index contributed by atoms with van der Waals surface area (Å²) in [4.78, 5) is 10.1. The van der Waals surface area contributed by atoms with E-state index < -0.39 is 6.16 Å².